The highest BCUT2D eigenvalue weighted by molar-refractivity contribution is 5.57. The zero-order valence-electron chi connectivity index (χ0n) is 16.4. The normalized spacial score (nSPS) is 13.6. The molecule has 27 heavy (non-hydrogen) atoms. The number of ether oxygens (including phenoxy) is 1. The van der Waals surface area contributed by atoms with Gasteiger partial charge in [0.05, 0.1) is 18.5 Å². The van der Waals surface area contributed by atoms with Crippen molar-refractivity contribution >= 4 is 5.82 Å². The smallest absolute Gasteiger partial charge is 0.133 e. The van der Waals surface area contributed by atoms with Crippen LogP contribution in [-0.2, 0) is 12.8 Å². The molecule has 0 aliphatic carbocycles. The summed E-state index contributed by atoms with van der Waals surface area (Å²) < 4.78 is 7.40. The number of hydrogen-bond donors (Lipinski definition) is 1. The molecule has 1 aromatic heterocycles. The summed E-state index contributed by atoms with van der Waals surface area (Å²) in [6, 6.07) is 14.9. The molecular formula is C23H27N3O. The standard InChI is InChI=1S/C23H27N3O/c1-16-7-12-22(17(2)14-16)26-23-20(6-4-5-13-24-23)21(25-26)15-18-8-10-19(27-3)11-9-18/h7-12,14,24H,4-6,13,15H2,1-3H3. The van der Waals surface area contributed by atoms with Crippen molar-refractivity contribution in [3.05, 3.63) is 70.4 Å². The maximum atomic E-state index is 5.28. The second kappa shape index (κ2) is 7.47. The molecule has 1 N–H and O–H groups in total. The van der Waals surface area contributed by atoms with E-state index < -0.39 is 0 Å². The molecule has 0 fully saturated rings. The van der Waals surface area contributed by atoms with Gasteiger partial charge in [0.15, 0.2) is 0 Å². The van der Waals surface area contributed by atoms with Crippen LogP contribution in [0.1, 0.15) is 40.8 Å². The lowest BCUT2D eigenvalue weighted by Crippen LogP contribution is -2.08. The molecule has 1 aliphatic rings. The first-order chi connectivity index (χ1) is 13.2. The summed E-state index contributed by atoms with van der Waals surface area (Å²) in [5, 5.41) is 8.69. The SMILES string of the molecule is COc1ccc(Cc2nn(-c3ccc(C)cc3C)c3c2CCCCN3)cc1. The highest BCUT2D eigenvalue weighted by atomic mass is 16.5. The predicted molar refractivity (Wildman–Crippen MR) is 110 cm³/mol. The second-order valence-electron chi connectivity index (χ2n) is 7.38. The van der Waals surface area contributed by atoms with E-state index in [4.69, 9.17) is 9.84 Å². The van der Waals surface area contributed by atoms with Crippen LogP contribution in [0.4, 0.5) is 5.82 Å². The zero-order chi connectivity index (χ0) is 18.8. The second-order valence-corrected chi connectivity index (χ2v) is 7.38. The lowest BCUT2D eigenvalue weighted by molar-refractivity contribution is 0.414. The highest BCUT2D eigenvalue weighted by Gasteiger charge is 2.21. The summed E-state index contributed by atoms with van der Waals surface area (Å²) in [4.78, 5) is 0. The van der Waals surface area contributed by atoms with Gasteiger partial charge in [-0.15, -0.1) is 0 Å². The average Bonchev–Trinajstić information content (AvgIpc) is 2.84. The van der Waals surface area contributed by atoms with Crippen LogP contribution in [0.2, 0.25) is 0 Å². The van der Waals surface area contributed by atoms with E-state index in [-0.39, 0.29) is 0 Å². The third kappa shape index (κ3) is 3.57. The Balaban J connectivity index is 1.76. The van der Waals surface area contributed by atoms with E-state index in [1.807, 2.05) is 12.1 Å². The Bertz CT molecular complexity index is 941. The van der Waals surface area contributed by atoms with Crippen LogP contribution < -0.4 is 10.1 Å². The van der Waals surface area contributed by atoms with E-state index in [1.165, 1.54) is 46.6 Å². The Kier molecular flexibility index (Phi) is 4.88. The molecule has 1 aliphatic heterocycles. The van der Waals surface area contributed by atoms with Gasteiger partial charge in [-0.2, -0.15) is 5.10 Å². The fraction of sp³-hybridized carbons (Fsp3) is 0.348. The minimum Gasteiger partial charge on any atom is -0.497 e. The molecule has 3 aromatic rings. The van der Waals surface area contributed by atoms with Gasteiger partial charge in [0, 0.05) is 18.5 Å². The summed E-state index contributed by atoms with van der Waals surface area (Å²) >= 11 is 0. The van der Waals surface area contributed by atoms with Crippen LogP contribution in [0.3, 0.4) is 0 Å². The summed E-state index contributed by atoms with van der Waals surface area (Å²) in [6.45, 7) is 5.30. The summed E-state index contributed by atoms with van der Waals surface area (Å²) in [7, 11) is 1.70. The summed E-state index contributed by atoms with van der Waals surface area (Å²) in [6.07, 6.45) is 4.32. The van der Waals surface area contributed by atoms with Crippen molar-refractivity contribution in [1.82, 2.24) is 9.78 Å². The first-order valence-corrected chi connectivity index (χ1v) is 9.71. The zero-order valence-corrected chi connectivity index (χ0v) is 16.4. The molecular weight excluding hydrogens is 334 g/mol. The Morgan fingerprint density at radius 3 is 2.63 bits per heavy atom. The Morgan fingerprint density at radius 2 is 1.89 bits per heavy atom. The molecule has 2 heterocycles. The molecule has 0 amide bonds. The predicted octanol–water partition coefficient (Wildman–Crippen LogP) is 4.84. The van der Waals surface area contributed by atoms with Gasteiger partial charge in [0.2, 0.25) is 0 Å². The van der Waals surface area contributed by atoms with Crippen molar-refractivity contribution in [2.24, 2.45) is 0 Å². The number of nitrogens with one attached hydrogen (secondary N) is 1. The number of benzene rings is 2. The van der Waals surface area contributed by atoms with Gasteiger partial charge < -0.3 is 10.1 Å². The number of aryl methyl sites for hydroxylation is 2. The fourth-order valence-electron chi connectivity index (χ4n) is 3.87. The van der Waals surface area contributed by atoms with Crippen LogP contribution in [-0.4, -0.2) is 23.4 Å². The first-order valence-electron chi connectivity index (χ1n) is 9.71. The Hall–Kier alpha value is -2.75. The highest BCUT2D eigenvalue weighted by Crippen LogP contribution is 2.31. The van der Waals surface area contributed by atoms with E-state index in [0.717, 1.165) is 30.8 Å². The van der Waals surface area contributed by atoms with Crippen LogP contribution in [0, 0.1) is 13.8 Å². The van der Waals surface area contributed by atoms with E-state index in [9.17, 15) is 0 Å². The summed E-state index contributed by atoms with van der Waals surface area (Å²) in [5.41, 5.74) is 7.48. The Morgan fingerprint density at radius 1 is 1.07 bits per heavy atom. The van der Waals surface area contributed by atoms with Crippen LogP contribution in [0.5, 0.6) is 5.75 Å². The lowest BCUT2D eigenvalue weighted by Gasteiger charge is -2.12. The number of methoxy groups -OCH3 is 1. The number of anilines is 1. The molecule has 0 saturated heterocycles. The average molecular weight is 361 g/mol. The quantitative estimate of drug-likeness (QED) is 0.723. The Labute approximate surface area is 161 Å². The van der Waals surface area contributed by atoms with Crippen molar-refractivity contribution in [2.45, 2.75) is 39.5 Å². The molecule has 140 valence electrons. The van der Waals surface area contributed by atoms with E-state index in [2.05, 4.69) is 54.2 Å². The van der Waals surface area contributed by atoms with E-state index >= 15 is 0 Å². The number of hydrogen-bond acceptors (Lipinski definition) is 3. The van der Waals surface area contributed by atoms with Crippen molar-refractivity contribution in [1.29, 1.82) is 0 Å². The minimum atomic E-state index is 0.839. The molecule has 2 aromatic carbocycles. The largest absolute Gasteiger partial charge is 0.497 e. The number of rotatable bonds is 4. The molecule has 0 radical (unpaired) electrons. The van der Waals surface area contributed by atoms with Gasteiger partial charge in [-0.05, 0) is 62.4 Å². The molecule has 0 saturated carbocycles. The molecule has 0 unspecified atom stereocenters. The minimum absolute atomic E-state index is 0.839. The number of aromatic nitrogens is 2. The molecule has 4 nitrogen and oxygen atoms in total. The number of nitrogens with zero attached hydrogens (tertiary/aromatic N) is 2. The molecule has 0 atom stereocenters. The third-order valence-electron chi connectivity index (χ3n) is 5.32. The van der Waals surface area contributed by atoms with Crippen molar-refractivity contribution in [3.8, 4) is 11.4 Å². The van der Waals surface area contributed by atoms with Gasteiger partial charge in [-0.25, -0.2) is 4.68 Å². The van der Waals surface area contributed by atoms with Gasteiger partial charge in [0.25, 0.3) is 0 Å². The maximum Gasteiger partial charge on any atom is 0.133 e. The van der Waals surface area contributed by atoms with Gasteiger partial charge in [-0.3, -0.25) is 0 Å². The lowest BCUT2D eigenvalue weighted by atomic mass is 10.0. The van der Waals surface area contributed by atoms with Crippen molar-refractivity contribution in [2.75, 3.05) is 19.0 Å². The van der Waals surface area contributed by atoms with Crippen molar-refractivity contribution in [3.63, 3.8) is 0 Å². The topological polar surface area (TPSA) is 39.1 Å². The molecule has 0 spiro atoms. The first kappa shape index (κ1) is 17.7. The summed E-state index contributed by atoms with van der Waals surface area (Å²) in [5.74, 6) is 2.06. The van der Waals surface area contributed by atoms with E-state index in [1.54, 1.807) is 7.11 Å². The number of fused-ring (bicyclic) bond motifs is 1. The molecule has 4 rings (SSSR count). The van der Waals surface area contributed by atoms with Crippen LogP contribution >= 0.6 is 0 Å². The van der Waals surface area contributed by atoms with Crippen LogP contribution in [0.25, 0.3) is 5.69 Å². The molecule has 0 bridgehead atoms. The molecule has 4 heteroatoms. The van der Waals surface area contributed by atoms with Gasteiger partial charge >= 0.3 is 0 Å². The van der Waals surface area contributed by atoms with Crippen LogP contribution in [0.15, 0.2) is 42.5 Å². The van der Waals surface area contributed by atoms with Crippen molar-refractivity contribution < 1.29 is 4.74 Å². The van der Waals surface area contributed by atoms with E-state index in [0.29, 0.717) is 0 Å². The van der Waals surface area contributed by atoms with Gasteiger partial charge in [0.1, 0.15) is 11.6 Å². The maximum absolute atomic E-state index is 5.28. The monoisotopic (exact) mass is 361 g/mol. The fourth-order valence-corrected chi connectivity index (χ4v) is 3.87. The van der Waals surface area contributed by atoms with Gasteiger partial charge in [-0.1, -0.05) is 29.8 Å². The third-order valence-corrected chi connectivity index (χ3v) is 5.32.